The highest BCUT2D eigenvalue weighted by molar-refractivity contribution is 7.99. The molecular formula is C19H23N5S. The highest BCUT2D eigenvalue weighted by atomic mass is 32.2. The summed E-state index contributed by atoms with van der Waals surface area (Å²) in [4.78, 5) is 14.1. The van der Waals surface area contributed by atoms with Crippen LogP contribution in [-0.4, -0.2) is 69.9 Å². The molecule has 1 aliphatic heterocycles. The summed E-state index contributed by atoms with van der Waals surface area (Å²) in [7, 11) is 2.19. The molecule has 3 aromatic rings. The summed E-state index contributed by atoms with van der Waals surface area (Å²) in [5.41, 5.74) is 1.18. The van der Waals surface area contributed by atoms with Gasteiger partial charge in [0.15, 0.2) is 5.16 Å². The number of likely N-dealkylation sites (N-methyl/N-ethyl adjacent to an activating group) is 1. The van der Waals surface area contributed by atoms with Crippen LogP contribution in [0, 0.1) is 0 Å². The standard InChI is InChI=1S/C19H23N5S/c1-22-10-12-23(13-11-22)14-15-25-19-20-8-6-18(21-19)24-9-7-16-4-2-3-5-17(16)24/h2-9H,10-15H2,1H3. The topological polar surface area (TPSA) is 37.2 Å². The van der Waals surface area contributed by atoms with Gasteiger partial charge in [-0.25, -0.2) is 9.97 Å². The second-order valence-corrected chi connectivity index (χ2v) is 7.50. The van der Waals surface area contributed by atoms with E-state index in [4.69, 9.17) is 4.98 Å². The first-order chi connectivity index (χ1) is 12.3. The number of benzene rings is 1. The molecule has 130 valence electrons. The Hall–Kier alpha value is -1.89. The predicted octanol–water partition coefficient (Wildman–Crippen LogP) is 2.76. The van der Waals surface area contributed by atoms with Crippen molar-refractivity contribution in [2.75, 3.05) is 45.5 Å². The van der Waals surface area contributed by atoms with E-state index < -0.39 is 0 Å². The number of hydrogen-bond acceptors (Lipinski definition) is 5. The largest absolute Gasteiger partial charge is 0.304 e. The van der Waals surface area contributed by atoms with E-state index in [0.717, 1.165) is 49.5 Å². The summed E-state index contributed by atoms with van der Waals surface area (Å²) < 4.78 is 2.13. The minimum Gasteiger partial charge on any atom is -0.304 e. The number of para-hydroxylation sites is 1. The van der Waals surface area contributed by atoms with Gasteiger partial charge >= 0.3 is 0 Å². The van der Waals surface area contributed by atoms with Gasteiger partial charge in [0.25, 0.3) is 0 Å². The molecule has 5 nitrogen and oxygen atoms in total. The van der Waals surface area contributed by atoms with Gasteiger partial charge in [0.2, 0.25) is 0 Å². The van der Waals surface area contributed by atoms with Crippen molar-refractivity contribution in [3.05, 3.63) is 48.8 Å². The van der Waals surface area contributed by atoms with Crippen molar-refractivity contribution in [3.63, 3.8) is 0 Å². The van der Waals surface area contributed by atoms with Gasteiger partial charge in [0.05, 0.1) is 5.52 Å². The highest BCUT2D eigenvalue weighted by Gasteiger charge is 2.13. The third-order valence-electron chi connectivity index (χ3n) is 4.70. The number of rotatable bonds is 5. The Kier molecular flexibility index (Phi) is 5.01. The van der Waals surface area contributed by atoms with E-state index in [1.165, 1.54) is 10.9 Å². The Morgan fingerprint density at radius 3 is 2.76 bits per heavy atom. The predicted molar refractivity (Wildman–Crippen MR) is 104 cm³/mol. The first-order valence-electron chi connectivity index (χ1n) is 8.73. The van der Waals surface area contributed by atoms with E-state index in [2.05, 4.69) is 62.9 Å². The van der Waals surface area contributed by atoms with Crippen LogP contribution >= 0.6 is 11.8 Å². The molecule has 0 radical (unpaired) electrons. The molecule has 4 rings (SSSR count). The minimum atomic E-state index is 0.851. The number of fused-ring (bicyclic) bond motifs is 1. The lowest BCUT2D eigenvalue weighted by atomic mass is 10.2. The van der Waals surface area contributed by atoms with Crippen molar-refractivity contribution in [1.29, 1.82) is 0 Å². The molecule has 0 atom stereocenters. The molecule has 0 N–H and O–H groups in total. The van der Waals surface area contributed by atoms with Gasteiger partial charge in [0, 0.05) is 50.9 Å². The van der Waals surface area contributed by atoms with Crippen LogP contribution in [0.3, 0.4) is 0 Å². The van der Waals surface area contributed by atoms with Crippen LogP contribution in [0.1, 0.15) is 0 Å². The SMILES string of the molecule is CN1CCN(CCSc2nccc(-n3ccc4ccccc43)n2)CC1. The molecule has 0 saturated carbocycles. The summed E-state index contributed by atoms with van der Waals surface area (Å²) in [6, 6.07) is 12.5. The molecule has 0 spiro atoms. The molecule has 0 bridgehead atoms. The van der Waals surface area contributed by atoms with Gasteiger partial charge in [-0.15, -0.1) is 0 Å². The first kappa shape index (κ1) is 16.6. The van der Waals surface area contributed by atoms with Crippen molar-refractivity contribution in [3.8, 4) is 5.82 Å². The number of nitrogens with zero attached hydrogens (tertiary/aromatic N) is 5. The van der Waals surface area contributed by atoms with Gasteiger partial charge in [-0.2, -0.15) is 0 Å². The lowest BCUT2D eigenvalue weighted by Gasteiger charge is -2.32. The Bertz CT molecular complexity index is 838. The zero-order chi connectivity index (χ0) is 17.1. The quantitative estimate of drug-likeness (QED) is 0.521. The number of thioether (sulfide) groups is 1. The molecule has 25 heavy (non-hydrogen) atoms. The smallest absolute Gasteiger partial charge is 0.189 e. The van der Waals surface area contributed by atoms with Gasteiger partial charge in [-0.3, -0.25) is 4.90 Å². The van der Waals surface area contributed by atoms with E-state index >= 15 is 0 Å². The summed E-state index contributed by atoms with van der Waals surface area (Å²) >= 11 is 1.74. The molecule has 1 aromatic carbocycles. The highest BCUT2D eigenvalue weighted by Crippen LogP contribution is 2.20. The van der Waals surface area contributed by atoms with Crippen LogP contribution in [0.15, 0.2) is 53.9 Å². The van der Waals surface area contributed by atoms with Crippen LogP contribution in [-0.2, 0) is 0 Å². The lowest BCUT2D eigenvalue weighted by Crippen LogP contribution is -2.45. The minimum absolute atomic E-state index is 0.851. The Morgan fingerprint density at radius 2 is 1.88 bits per heavy atom. The maximum absolute atomic E-state index is 4.75. The molecule has 6 heteroatoms. The summed E-state index contributed by atoms with van der Waals surface area (Å²) in [6.07, 6.45) is 3.93. The number of aromatic nitrogens is 3. The van der Waals surface area contributed by atoms with Crippen LogP contribution in [0.25, 0.3) is 16.7 Å². The monoisotopic (exact) mass is 353 g/mol. The average Bonchev–Trinajstić information content (AvgIpc) is 3.08. The second-order valence-electron chi connectivity index (χ2n) is 6.44. The van der Waals surface area contributed by atoms with Crippen molar-refractivity contribution in [2.45, 2.75) is 5.16 Å². The van der Waals surface area contributed by atoms with Crippen LogP contribution in [0.4, 0.5) is 0 Å². The van der Waals surface area contributed by atoms with Gasteiger partial charge in [0.1, 0.15) is 5.82 Å². The Morgan fingerprint density at radius 1 is 1.04 bits per heavy atom. The Balaban J connectivity index is 1.41. The fourth-order valence-electron chi connectivity index (χ4n) is 3.16. The van der Waals surface area contributed by atoms with Gasteiger partial charge in [-0.05, 0) is 30.6 Å². The molecule has 1 saturated heterocycles. The van der Waals surface area contributed by atoms with E-state index in [-0.39, 0.29) is 0 Å². The molecule has 0 amide bonds. The molecule has 0 aliphatic carbocycles. The van der Waals surface area contributed by atoms with Crippen LogP contribution in [0.2, 0.25) is 0 Å². The molecule has 1 fully saturated rings. The lowest BCUT2D eigenvalue weighted by molar-refractivity contribution is 0.161. The third-order valence-corrected chi connectivity index (χ3v) is 5.54. The third kappa shape index (κ3) is 3.86. The second kappa shape index (κ2) is 7.56. The van der Waals surface area contributed by atoms with E-state index in [1.807, 2.05) is 12.3 Å². The van der Waals surface area contributed by atoms with Crippen molar-refractivity contribution < 1.29 is 0 Å². The fraction of sp³-hybridized carbons (Fsp3) is 0.368. The molecular weight excluding hydrogens is 330 g/mol. The van der Waals surface area contributed by atoms with E-state index in [1.54, 1.807) is 11.8 Å². The van der Waals surface area contributed by atoms with E-state index in [9.17, 15) is 0 Å². The fourth-order valence-corrected chi connectivity index (χ4v) is 3.98. The molecule has 1 aliphatic rings. The molecule has 2 aromatic heterocycles. The normalized spacial score (nSPS) is 16.5. The summed E-state index contributed by atoms with van der Waals surface area (Å²) in [5, 5.41) is 2.08. The molecule has 3 heterocycles. The van der Waals surface area contributed by atoms with Crippen molar-refractivity contribution >= 4 is 22.7 Å². The zero-order valence-corrected chi connectivity index (χ0v) is 15.3. The average molecular weight is 353 g/mol. The van der Waals surface area contributed by atoms with Gasteiger partial charge in [-0.1, -0.05) is 30.0 Å². The summed E-state index contributed by atoms with van der Waals surface area (Å²) in [6.45, 7) is 5.74. The van der Waals surface area contributed by atoms with Crippen LogP contribution < -0.4 is 0 Å². The zero-order valence-electron chi connectivity index (χ0n) is 14.5. The summed E-state index contributed by atoms with van der Waals surface area (Å²) in [5.74, 6) is 1.96. The maximum atomic E-state index is 4.75. The van der Waals surface area contributed by atoms with Crippen molar-refractivity contribution in [2.24, 2.45) is 0 Å². The Labute approximate surface area is 152 Å². The van der Waals surface area contributed by atoms with Crippen molar-refractivity contribution in [1.82, 2.24) is 24.3 Å². The van der Waals surface area contributed by atoms with Gasteiger partial charge < -0.3 is 9.47 Å². The van der Waals surface area contributed by atoms with Crippen LogP contribution in [0.5, 0.6) is 0 Å². The van der Waals surface area contributed by atoms with E-state index in [0.29, 0.717) is 0 Å². The molecule has 0 unspecified atom stereocenters. The maximum Gasteiger partial charge on any atom is 0.189 e. The number of piperazine rings is 1. The number of hydrogen-bond donors (Lipinski definition) is 0. The first-order valence-corrected chi connectivity index (χ1v) is 9.71.